The zero-order valence-electron chi connectivity index (χ0n) is 10.7. The SMILES string of the molecule is CS(=O)(=O)c1ccc(F)c(NCc2ccc(O)cn2)c1. The van der Waals surface area contributed by atoms with E-state index in [0.29, 0.717) is 5.69 Å². The van der Waals surface area contributed by atoms with Crippen molar-refractivity contribution in [3.8, 4) is 5.75 Å². The van der Waals surface area contributed by atoms with Crippen molar-refractivity contribution in [1.29, 1.82) is 0 Å². The first-order valence-corrected chi connectivity index (χ1v) is 7.63. The van der Waals surface area contributed by atoms with Gasteiger partial charge in [-0.2, -0.15) is 0 Å². The number of nitrogens with zero attached hydrogens (tertiary/aromatic N) is 1. The lowest BCUT2D eigenvalue weighted by atomic mass is 10.3. The molecule has 0 spiro atoms. The van der Waals surface area contributed by atoms with Crippen LogP contribution in [0, 0.1) is 5.82 Å². The topological polar surface area (TPSA) is 79.3 Å². The number of sulfone groups is 1. The summed E-state index contributed by atoms with van der Waals surface area (Å²) in [6.45, 7) is 0.213. The van der Waals surface area contributed by atoms with Gasteiger partial charge in [0.05, 0.1) is 29.0 Å². The molecule has 0 saturated heterocycles. The molecular formula is C13H13FN2O3S. The monoisotopic (exact) mass is 296 g/mol. The average molecular weight is 296 g/mol. The number of pyridine rings is 1. The van der Waals surface area contributed by atoms with E-state index in [-0.39, 0.29) is 22.9 Å². The Kier molecular flexibility index (Phi) is 3.89. The van der Waals surface area contributed by atoms with Crippen LogP contribution in [-0.4, -0.2) is 24.8 Å². The molecule has 0 aliphatic carbocycles. The molecule has 106 valence electrons. The van der Waals surface area contributed by atoms with Crippen LogP contribution in [0.1, 0.15) is 5.69 Å². The lowest BCUT2D eigenvalue weighted by molar-refractivity contribution is 0.472. The third-order valence-electron chi connectivity index (χ3n) is 2.64. The first-order chi connectivity index (χ1) is 9.36. The fourth-order valence-electron chi connectivity index (χ4n) is 1.58. The molecule has 0 amide bonds. The number of halogens is 1. The fourth-order valence-corrected chi connectivity index (χ4v) is 2.22. The number of nitrogens with one attached hydrogen (secondary N) is 1. The second kappa shape index (κ2) is 5.46. The largest absolute Gasteiger partial charge is 0.506 e. The number of benzene rings is 1. The van der Waals surface area contributed by atoms with Crippen molar-refractivity contribution in [1.82, 2.24) is 4.98 Å². The Labute approximate surface area is 116 Å². The third kappa shape index (κ3) is 3.45. The molecule has 0 radical (unpaired) electrons. The maximum Gasteiger partial charge on any atom is 0.175 e. The van der Waals surface area contributed by atoms with Crippen LogP contribution in [0.25, 0.3) is 0 Å². The summed E-state index contributed by atoms with van der Waals surface area (Å²) in [5.41, 5.74) is 0.676. The highest BCUT2D eigenvalue weighted by molar-refractivity contribution is 7.90. The zero-order chi connectivity index (χ0) is 14.8. The van der Waals surface area contributed by atoms with Gasteiger partial charge in [0.25, 0.3) is 0 Å². The predicted octanol–water partition coefficient (Wildman–Crippen LogP) is 1.94. The average Bonchev–Trinajstić information content (AvgIpc) is 2.38. The van der Waals surface area contributed by atoms with Gasteiger partial charge in [0.1, 0.15) is 11.6 Å². The number of rotatable bonds is 4. The first-order valence-electron chi connectivity index (χ1n) is 5.73. The molecule has 0 aliphatic rings. The van der Waals surface area contributed by atoms with E-state index >= 15 is 0 Å². The molecule has 20 heavy (non-hydrogen) atoms. The second-order valence-corrected chi connectivity index (χ2v) is 6.29. The van der Waals surface area contributed by atoms with Gasteiger partial charge < -0.3 is 10.4 Å². The van der Waals surface area contributed by atoms with Crippen LogP contribution in [0.5, 0.6) is 5.75 Å². The number of aromatic hydroxyl groups is 1. The van der Waals surface area contributed by atoms with E-state index in [2.05, 4.69) is 10.3 Å². The molecular weight excluding hydrogens is 283 g/mol. The van der Waals surface area contributed by atoms with Crippen LogP contribution < -0.4 is 5.32 Å². The first kappa shape index (κ1) is 14.3. The highest BCUT2D eigenvalue weighted by atomic mass is 32.2. The highest BCUT2D eigenvalue weighted by Gasteiger charge is 2.11. The summed E-state index contributed by atoms with van der Waals surface area (Å²) in [5.74, 6) is -0.504. The van der Waals surface area contributed by atoms with E-state index in [1.165, 1.54) is 24.4 Å². The molecule has 1 aromatic carbocycles. The summed E-state index contributed by atoms with van der Waals surface area (Å²) in [4.78, 5) is 3.98. The summed E-state index contributed by atoms with van der Waals surface area (Å²) in [6.07, 6.45) is 2.34. The van der Waals surface area contributed by atoms with Gasteiger partial charge in [-0.15, -0.1) is 0 Å². The smallest absolute Gasteiger partial charge is 0.175 e. The molecule has 0 aliphatic heterocycles. The molecule has 0 fully saturated rings. The minimum Gasteiger partial charge on any atom is -0.506 e. The van der Waals surface area contributed by atoms with E-state index in [4.69, 9.17) is 5.11 Å². The van der Waals surface area contributed by atoms with Crippen molar-refractivity contribution in [2.75, 3.05) is 11.6 Å². The number of aromatic nitrogens is 1. The van der Waals surface area contributed by atoms with E-state index in [1.807, 2.05) is 0 Å². The van der Waals surface area contributed by atoms with E-state index in [9.17, 15) is 12.8 Å². The quantitative estimate of drug-likeness (QED) is 0.843. The van der Waals surface area contributed by atoms with Crippen LogP contribution in [0.3, 0.4) is 0 Å². The molecule has 0 unspecified atom stereocenters. The van der Waals surface area contributed by atoms with E-state index in [0.717, 1.165) is 12.3 Å². The molecule has 2 rings (SSSR count). The number of hydrogen-bond acceptors (Lipinski definition) is 5. The molecule has 0 atom stereocenters. The molecule has 1 aromatic heterocycles. The summed E-state index contributed by atoms with van der Waals surface area (Å²) in [6, 6.07) is 6.61. The third-order valence-corrected chi connectivity index (χ3v) is 3.75. The number of hydrogen-bond donors (Lipinski definition) is 2. The Balaban J connectivity index is 2.19. The maximum atomic E-state index is 13.6. The summed E-state index contributed by atoms with van der Waals surface area (Å²) in [7, 11) is -3.39. The Morgan fingerprint density at radius 1 is 1.30 bits per heavy atom. The molecule has 0 bridgehead atoms. The van der Waals surface area contributed by atoms with Crippen molar-refractivity contribution in [3.05, 3.63) is 48.0 Å². The fraction of sp³-hybridized carbons (Fsp3) is 0.154. The number of anilines is 1. The van der Waals surface area contributed by atoms with E-state index < -0.39 is 15.7 Å². The lowest BCUT2D eigenvalue weighted by Crippen LogP contribution is -2.05. The molecule has 1 heterocycles. The van der Waals surface area contributed by atoms with Gasteiger partial charge in [-0.25, -0.2) is 12.8 Å². The van der Waals surface area contributed by atoms with Gasteiger partial charge in [-0.3, -0.25) is 4.98 Å². The standard InChI is InChI=1S/C13H13FN2O3S/c1-20(18,19)11-4-5-12(14)13(6-11)16-7-9-2-3-10(17)8-15-9/h2-6,8,16-17H,7H2,1H3. The minimum absolute atomic E-state index is 0.0407. The molecule has 2 N–H and O–H groups in total. The molecule has 0 saturated carbocycles. The maximum absolute atomic E-state index is 13.6. The van der Waals surface area contributed by atoms with Crippen molar-refractivity contribution >= 4 is 15.5 Å². The van der Waals surface area contributed by atoms with E-state index in [1.54, 1.807) is 6.07 Å². The van der Waals surface area contributed by atoms with Gasteiger partial charge in [-0.05, 0) is 30.3 Å². The van der Waals surface area contributed by atoms with Crippen molar-refractivity contribution in [2.45, 2.75) is 11.4 Å². The summed E-state index contributed by atoms with van der Waals surface area (Å²) in [5, 5.41) is 11.9. The summed E-state index contributed by atoms with van der Waals surface area (Å²) < 4.78 is 36.4. The van der Waals surface area contributed by atoms with Crippen LogP contribution in [0.2, 0.25) is 0 Å². The minimum atomic E-state index is -3.39. The van der Waals surface area contributed by atoms with Crippen molar-refractivity contribution in [3.63, 3.8) is 0 Å². The Morgan fingerprint density at radius 3 is 2.65 bits per heavy atom. The Morgan fingerprint density at radius 2 is 2.05 bits per heavy atom. The van der Waals surface area contributed by atoms with Gasteiger partial charge in [0.15, 0.2) is 9.84 Å². The summed E-state index contributed by atoms with van der Waals surface area (Å²) >= 11 is 0. The molecule has 7 heteroatoms. The Hall–Kier alpha value is -2.15. The molecule has 2 aromatic rings. The zero-order valence-corrected chi connectivity index (χ0v) is 11.5. The van der Waals surface area contributed by atoms with Crippen LogP contribution in [0.15, 0.2) is 41.4 Å². The van der Waals surface area contributed by atoms with Crippen molar-refractivity contribution in [2.24, 2.45) is 0 Å². The van der Waals surface area contributed by atoms with Crippen LogP contribution >= 0.6 is 0 Å². The van der Waals surface area contributed by atoms with Crippen molar-refractivity contribution < 1.29 is 17.9 Å². The van der Waals surface area contributed by atoms with Gasteiger partial charge >= 0.3 is 0 Å². The van der Waals surface area contributed by atoms with Gasteiger partial charge in [0, 0.05) is 6.26 Å². The van der Waals surface area contributed by atoms with Crippen LogP contribution in [-0.2, 0) is 16.4 Å². The predicted molar refractivity (Wildman–Crippen MR) is 72.7 cm³/mol. The molecule has 5 nitrogen and oxygen atoms in total. The second-order valence-electron chi connectivity index (χ2n) is 4.28. The van der Waals surface area contributed by atoms with Crippen LogP contribution in [0.4, 0.5) is 10.1 Å². The Bertz CT molecular complexity index is 715. The lowest BCUT2D eigenvalue weighted by Gasteiger charge is -2.09. The highest BCUT2D eigenvalue weighted by Crippen LogP contribution is 2.20. The van der Waals surface area contributed by atoms with Gasteiger partial charge in [0.2, 0.25) is 0 Å². The van der Waals surface area contributed by atoms with Gasteiger partial charge in [-0.1, -0.05) is 0 Å². The normalized spacial score (nSPS) is 11.3.